The molecule has 0 radical (unpaired) electrons. The minimum atomic E-state index is -0.998. The highest BCUT2D eigenvalue weighted by atomic mass is 35.5. The van der Waals surface area contributed by atoms with Crippen molar-refractivity contribution in [2.45, 2.75) is 45.6 Å². The van der Waals surface area contributed by atoms with Crippen molar-refractivity contribution < 1.29 is 9.90 Å². The summed E-state index contributed by atoms with van der Waals surface area (Å²) in [6.45, 7) is 5.23. The van der Waals surface area contributed by atoms with Crippen LogP contribution >= 0.6 is 11.6 Å². The first-order valence-corrected chi connectivity index (χ1v) is 7.52. The number of rotatable bonds is 5. The topological polar surface area (TPSA) is 53.4 Å². The average Bonchev–Trinajstić information content (AvgIpc) is 2.89. The van der Waals surface area contributed by atoms with Crippen LogP contribution in [0.1, 0.15) is 49.9 Å². The molecular weight excluding hydrogens is 276 g/mol. The molecule has 1 fully saturated rings. The molecule has 20 heavy (non-hydrogen) atoms. The molecule has 0 atom stereocenters. The second-order valence-corrected chi connectivity index (χ2v) is 6.23. The molecule has 0 aliphatic heterocycles. The Hall–Kier alpha value is -1.29. The molecule has 5 heteroatoms. The zero-order chi connectivity index (χ0) is 14.7. The van der Waals surface area contributed by atoms with E-state index in [-0.39, 0.29) is 5.56 Å². The van der Waals surface area contributed by atoms with Crippen molar-refractivity contribution in [2.75, 3.05) is 11.4 Å². The van der Waals surface area contributed by atoms with Crippen LogP contribution in [0.15, 0.2) is 12.3 Å². The number of anilines is 1. The lowest BCUT2D eigenvalue weighted by Gasteiger charge is -2.32. The summed E-state index contributed by atoms with van der Waals surface area (Å²) in [4.78, 5) is 17.5. The molecule has 1 aliphatic carbocycles. The Labute approximate surface area is 124 Å². The Balaban J connectivity index is 2.30. The van der Waals surface area contributed by atoms with Gasteiger partial charge in [-0.2, -0.15) is 0 Å². The third kappa shape index (κ3) is 3.42. The molecule has 1 aromatic rings. The van der Waals surface area contributed by atoms with Crippen molar-refractivity contribution in [3.05, 3.63) is 22.8 Å². The number of carboxylic acids is 1. The predicted molar refractivity (Wildman–Crippen MR) is 80.6 cm³/mol. The van der Waals surface area contributed by atoms with Gasteiger partial charge in [0.05, 0.1) is 10.6 Å². The van der Waals surface area contributed by atoms with Gasteiger partial charge in [-0.05, 0) is 24.8 Å². The molecule has 0 amide bonds. The van der Waals surface area contributed by atoms with E-state index in [1.165, 1.54) is 25.1 Å². The van der Waals surface area contributed by atoms with E-state index in [1.54, 1.807) is 0 Å². The van der Waals surface area contributed by atoms with Gasteiger partial charge in [0, 0.05) is 18.8 Å². The summed E-state index contributed by atoms with van der Waals surface area (Å²) >= 11 is 6.26. The van der Waals surface area contributed by atoms with Gasteiger partial charge in [-0.1, -0.05) is 38.3 Å². The van der Waals surface area contributed by atoms with Crippen LogP contribution in [0.25, 0.3) is 0 Å². The molecule has 1 saturated carbocycles. The Morgan fingerprint density at radius 3 is 2.65 bits per heavy atom. The third-order valence-corrected chi connectivity index (χ3v) is 3.95. The van der Waals surface area contributed by atoms with Gasteiger partial charge >= 0.3 is 5.97 Å². The van der Waals surface area contributed by atoms with Gasteiger partial charge in [0.2, 0.25) is 0 Å². The van der Waals surface area contributed by atoms with Gasteiger partial charge in [-0.15, -0.1) is 0 Å². The zero-order valence-corrected chi connectivity index (χ0v) is 12.7. The number of pyridine rings is 1. The van der Waals surface area contributed by atoms with E-state index in [1.807, 2.05) is 0 Å². The van der Waals surface area contributed by atoms with Gasteiger partial charge in [0.15, 0.2) is 0 Å². The van der Waals surface area contributed by atoms with Gasteiger partial charge < -0.3 is 10.0 Å². The fourth-order valence-electron chi connectivity index (χ4n) is 2.78. The molecule has 0 bridgehead atoms. The predicted octanol–water partition coefficient (Wildman–Crippen LogP) is 3.84. The first-order valence-electron chi connectivity index (χ1n) is 7.14. The highest BCUT2D eigenvalue weighted by Crippen LogP contribution is 2.32. The number of halogens is 1. The van der Waals surface area contributed by atoms with Crippen LogP contribution in [0.4, 0.5) is 5.82 Å². The third-order valence-electron chi connectivity index (χ3n) is 3.67. The van der Waals surface area contributed by atoms with Crippen LogP contribution in [0.2, 0.25) is 5.02 Å². The number of aromatic nitrogens is 1. The average molecular weight is 297 g/mol. The second kappa shape index (κ2) is 6.44. The Morgan fingerprint density at radius 2 is 2.15 bits per heavy atom. The van der Waals surface area contributed by atoms with Crippen LogP contribution < -0.4 is 4.90 Å². The molecule has 0 saturated heterocycles. The van der Waals surface area contributed by atoms with Crippen molar-refractivity contribution in [2.24, 2.45) is 5.92 Å². The first-order chi connectivity index (χ1) is 9.49. The summed E-state index contributed by atoms with van der Waals surface area (Å²) in [5.41, 5.74) is 0.134. The minimum Gasteiger partial charge on any atom is -0.478 e. The van der Waals surface area contributed by atoms with Crippen LogP contribution in [0, 0.1) is 5.92 Å². The summed E-state index contributed by atoms with van der Waals surface area (Å²) in [5.74, 6) is 0.229. The van der Waals surface area contributed by atoms with Crippen LogP contribution in [-0.4, -0.2) is 28.6 Å². The molecular formula is C15H21ClN2O2. The maximum atomic E-state index is 11.0. The highest BCUT2D eigenvalue weighted by Gasteiger charge is 2.26. The Bertz CT molecular complexity index is 485. The first kappa shape index (κ1) is 15.1. The quantitative estimate of drug-likeness (QED) is 0.897. The fraction of sp³-hybridized carbons (Fsp3) is 0.600. The molecule has 0 spiro atoms. The van der Waals surface area contributed by atoms with Gasteiger partial charge in [-0.25, -0.2) is 9.78 Å². The maximum Gasteiger partial charge on any atom is 0.337 e. The number of hydrogen-bond acceptors (Lipinski definition) is 3. The summed E-state index contributed by atoms with van der Waals surface area (Å²) in [6.07, 6.45) is 6.19. The molecule has 0 unspecified atom stereocenters. The van der Waals surface area contributed by atoms with E-state index >= 15 is 0 Å². The van der Waals surface area contributed by atoms with E-state index < -0.39 is 5.97 Å². The smallest absolute Gasteiger partial charge is 0.337 e. The van der Waals surface area contributed by atoms with Crippen molar-refractivity contribution in [3.63, 3.8) is 0 Å². The van der Waals surface area contributed by atoms with E-state index in [9.17, 15) is 4.79 Å². The standard InChI is InChI=1S/C15H21ClN2O2/c1-10(2)9-18(12-5-3-4-6-12)14-13(16)7-11(8-17-14)15(19)20/h7-8,10,12H,3-6,9H2,1-2H3,(H,19,20). The maximum absolute atomic E-state index is 11.0. The van der Waals surface area contributed by atoms with Gasteiger partial charge in [-0.3, -0.25) is 0 Å². The molecule has 1 aromatic heterocycles. The van der Waals surface area contributed by atoms with Crippen molar-refractivity contribution >= 4 is 23.4 Å². The molecule has 110 valence electrons. The second-order valence-electron chi connectivity index (χ2n) is 5.82. The molecule has 1 aliphatic rings. The minimum absolute atomic E-state index is 0.134. The number of hydrogen-bond donors (Lipinski definition) is 1. The number of carboxylic acid groups (broad SMARTS) is 1. The lowest BCUT2D eigenvalue weighted by atomic mass is 10.1. The van der Waals surface area contributed by atoms with E-state index in [0.717, 1.165) is 25.2 Å². The summed E-state index contributed by atoms with van der Waals surface area (Å²) < 4.78 is 0. The summed E-state index contributed by atoms with van der Waals surface area (Å²) in [6, 6.07) is 1.96. The summed E-state index contributed by atoms with van der Waals surface area (Å²) in [7, 11) is 0. The van der Waals surface area contributed by atoms with Crippen LogP contribution in [0.5, 0.6) is 0 Å². The normalized spacial score (nSPS) is 15.8. The molecule has 1 N–H and O–H groups in total. The fourth-order valence-corrected chi connectivity index (χ4v) is 3.05. The van der Waals surface area contributed by atoms with E-state index in [0.29, 0.717) is 17.0 Å². The van der Waals surface area contributed by atoms with Crippen LogP contribution in [0.3, 0.4) is 0 Å². The lowest BCUT2D eigenvalue weighted by Crippen LogP contribution is -2.37. The number of nitrogens with zero attached hydrogens (tertiary/aromatic N) is 2. The molecule has 1 heterocycles. The Kier molecular flexibility index (Phi) is 4.86. The highest BCUT2D eigenvalue weighted by molar-refractivity contribution is 6.33. The molecule has 2 rings (SSSR count). The van der Waals surface area contributed by atoms with Gasteiger partial charge in [0.25, 0.3) is 0 Å². The van der Waals surface area contributed by atoms with Crippen LogP contribution in [-0.2, 0) is 0 Å². The van der Waals surface area contributed by atoms with Crippen molar-refractivity contribution in [1.29, 1.82) is 0 Å². The SMILES string of the molecule is CC(C)CN(c1ncc(C(=O)O)cc1Cl)C1CCCC1. The monoisotopic (exact) mass is 296 g/mol. The van der Waals surface area contributed by atoms with Crippen molar-refractivity contribution in [3.8, 4) is 0 Å². The van der Waals surface area contributed by atoms with E-state index in [4.69, 9.17) is 16.7 Å². The zero-order valence-electron chi connectivity index (χ0n) is 12.0. The lowest BCUT2D eigenvalue weighted by molar-refractivity contribution is 0.0696. The number of carbonyl (C=O) groups is 1. The summed E-state index contributed by atoms with van der Waals surface area (Å²) in [5, 5.41) is 9.41. The van der Waals surface area contributed by atoms with Gasteiger partial charge in [0.1, 0.15) is 5.82 Å². The van der Waals surface area contributed by atoms with E-state index in [2.05, 4.69) is 23.7 Å². The molecule has 4 nitrogen and oxygen atoms in total. The number of aromatic carboxylic acids is 1. The molecule has 0 aromatic carbocycles. The Morgan fingerprint density at radius 1 is 1.50 bits per heavy atom. The largest absolute Gasteiger partial charge is 0.478 e. The van der Waals surface area contributed by atoms with Crippen molar-refractivity contribution in [1.82, 2.24) is 4.98 Å².